The molecule has 0 unspecified atom stereocenters. The number of rotatable bonds is 6. The lowest BCUT2D eigenvalue weighted by Gasteiger charge is -2.17. The molecule has 1 aliphatic rings. The minimum Gasteiger partial charge on any atom is -0.362 e. The fourth-order valence-electron chi connectivity index (χ4n) is 3.72. The van der Waals surface area contributed by atoms with E-state index in [-0.39, 0.29) is 10.8 Å². The van der Waals surface area contributed by atoms with Gasteiger partial charge < -0.3 is 10.2 Å². The van der Waals surface area contributed by atoms with Crippen LogP contribution < -0.4 is 5.32 Å². The Morgan fingerprint density at radius 3 is 2.67 bits per heavy atom. The fourth-order valence-corrected chi connectivity index (χ4v) is 4.86. The van der Waals surface area contributed by atoms with Crippen molar-refractivity contribution in [3.8, 4) is 0 Å². The van der Waals surface area contributed by atoms with Crippen LogP contribution in [0.2, 0.25) is 0 Å². The average molecular weight is 466 g/mol. The van der Waals surface area contributed by atoms with Crippen LogP contribution in [0.25, 0.3) is 0 Å². The summed E-state index contributed by atoms with van der Waals surface area (Å²) >= 11 is 0. The van der Waals surface area contributed by atoms with Crippen LogP contribution in [0, 0.1) is 0 Å². The monoisotopic (exact) mass is 465 g/mol. The Morgan fingerprint density at radius 1 is 1.09 bits per heavy atom. The van der Waals surface area contributed by atoms with Crippen LogP contribution in [0.3, 0.4) is 0 Å². The summed E-state index contributed by atoms with van der Waals surface area (Å²) in [5.74, 6) is 0.266. The van der Waals surface area contributed by atoms with Gasteiger partial charge in [-0.05, 0) is 54.8 Å². The van der Waals surface area contributed by atoms with Gasteiger partial charge in [-0.3, -0.25) is 9.48 Å². The average Bonchev–Trinajstić information content (AvgIpc) is 3.23. The Labute approximate surface area is 194 Å². The van der Waals surface area contributed by atoms with Crippen LogP contribution >= 0.6 is 0 Å². The minimum absolute atomic E-state index is 0.0556. The molecule has 1 fully saturated rings. The maximum atomic E-state index is 12.9. The third-order valence-electron chi connectivity index (χ3n) is 5.57. The molecular weight excluding hydrogens is 438 g/mol. The largest absolute Gasteiger partial charge is 0.362 e. The van der Waals surface area contributed by atoms with E-state index in [0.29, 0.717) is 30.1 Å². The zero-order valence-corrected chi connectivity index (χ0v) is 19.3. The lowest BCUT2D eigenvalue weighted by atomic mass is 10.1. The molecule has 0 saturated carbocycles. The number of benzene rings is 2. The van der Waals surface area contributed by atoms with Gasteiger partial charge in [-0.25, -0.2) is 0 Å². The molecule has 0 spiro atoms. The van der Waals surface area contributed by atoms with Crippen molar-refractivity contribution in [1.29, 1.82) is 0 Å². The van der Waals surface area contributed by atoms with Crippen molar-refractivity contribution >= 4 is 27.5 Å². The van der Waals surface area contributed by atoms with Gasteiger partial charge in [0, 0.05) is 43.7 Å². The van der Waals surface area contributed by atoms with Crippen LogP contribution in [-0.4, -0.2) is 48.4 Å². The van der Waals surface area contributed by atoms with Gasteiger partial charge in [-0.2, -0.15) is 13.5 Å². The first-order valence-corrected chi connectivity index (χ1v) is 12.4. The Balaban J connectivity index is 1.46. The molecule has 0 aliphatic carbocycles. The fraction of sp³-hybridized carbons (Fsp3) is 0.292. The second-order valence-electron chi connectivity index (χ2n) is 8.10. The predicted octanol–water partition coefficient (Wildman–Crippen LogP) is 3.78. The molecule has 1 saturated heterocycles. The van der Waals surface area contributed by atoms with Gasteiger partial charge in [-0.1, -0.05) is 24.6 Å². The summed E-state index contributed by atoms with van der Waals surface area (Å²) in [4.78, 5) is 14.7. The first kappa shape index (κ1) is 22.7. The molecule has 2 heterocycles. The van der Waals surface area contributed by atoms with Crippen molar-refractivity contribution < 1.29 is 13.2 Å². The van der Waals surface area contributed by atoms with Gasteiger partial charge in [0.25, 0.3) is 15.9 Å². The Hall–Kier alpha value is -3.46. The van der Waals surface area contributed by atoms with Gasteiger partial charge in [-0.15, -0.1) is 4.40 Å². The van der Waals surface area contributed by atoms with Crippen LogP contribution in [-0.2, 0) is 16.6 Å². The normalized spacial score (nSPS) is 15.9. The highest BCUT2D eigenvalue weighted by Gasteiger charge is 2.19. The molecule has 2 aromatic carbocycles. The molecule has 1 aromatic heterocycles. The summed E-state index contributed by atoms with van der Waals surface area (Å²) in [6, 6.07) is 15.3. The first-order chi connectivity index (χ1) is 15.9. The standard InChI is InChI=1S/C24H27N5O3S/c1-28-15-4-2-3-9-23(28)27-33(31,32)22-8-5-7-21(17-22)26-24(30)20-12-10-19(11-13-20)18-29-16-6-14-25-29/h5-8,10-14,16-17H,2-4,9,15,18H2,1H3,(H,26,30)/b27-23+. The number of amides is 1. The van der Waals surface area contributed by atoms with Crippen molar-refractivity contribution in [2.75, 3.05) is 18.9 Å². The van der Waals surface area contributed by atoms with E-state index in [9.17, 15) is 13.2 Å². The van der Waals surface area contributed by atoms with E-state index >= 15 is 0 Å². The van der Waals surface area contributed by atoms with E-state index in [4.69, 9.17) is 0 Å². The molecule has 9 heteroatoms. The Kier molecular flexibility index (Phi) is 6.88. The topological polar surface area (TPSA) is 96.7 Å². The van der Waals surface area contributed by atoms with E-state index in [0.717, 1.165) is 31.4 Å². The molecular formula is C24H27N5O3S. The number of sulfonamides is 1. The highest BCUT2D eigenvalue weighted by Crippen LogP contribution is 2.21. The number of hydrogen-bond acceptors (Lipinski definition) is 4. The third-order valence-corrected chi connectivity index (χ3v) is 6.87. The number of nitrogens with zero attached hydrogens (tertiary/aromatic N) is 4. The molecule has 1 aliphatic heterocycles. The molecule has 3 aromatic rings. The second kappa shape index (κ2) is 9.99. The number of amidine groups is 1. The minimum atomic E-state index is -3.88. The van der Waals surface area contributed by atoms with Gasteiger partial charge in [0.15, 0.2) is 0 Å². The van der Waals surface area contributed by atoms with E-state index in [1.165, 1.54) is 12.1 Å². The van der Waals surface area contributed by atoms with Gasteiger partial charge in [0.2, 0.25) is 0 Å². The maximum absolute atomic E-state index is 12.9. The van der Waals surface area contributed by atoms with Gasteiger partial charge in [0.05, 0.1) is 11.4 Å². The third kappa shape index (κ3) is 5.87. The predicted molar refractivity (Wildman–Crippen MR) is 128 cm³/mol. The van der Waals surface area contributed by atoms with Crippen LogP contribution in [0.1, 0.15) is 41.6 Å². The number of anilines is 1. The molecule has 8 nitrogen and oxygen atoms in total. The van der Waals surface area contributed by atoms with Crippen LogP contribution in [0.4, 0.5) is 5.69 Å². The summed E-state index contributed by atoms with van der Waals surface area (Å²) in [5.41, 5.74) is 1.90. The van der Waals surface area contributed by atoms with Gasteiger partial charge >= 0.3 is 0 Å². The number of carbonyl (C=O) groups is 1. The number of likely N-dealkylation sites (tertiary alicyclic amines) is 1. The molecule has 0 atom stereocenters. The Morgan fingerprint density at radius 2 is 1.91 bits per heavy atom. The maximum Gasteiger partial charge on any atom is 0.284 e. The lowest BCUT2D eigenvalue weighted by molar-refractivity contribution is 0.102. The highest BCUT2D eigenvalue weighted by atomic mass is 32.2. The van der Waals surface area contributed by atoms with E-state index in [1.54, 1.807) is 35.1 Å². The molecule has 33 heavy (non-hydrogen) atoms. The number of nitrogens with one attached hydrogen (secondary N) is 1. The van der Waals surface area contributed by atoms with Crippen molar-refractivity contribution in [2.45, 2.75) is 37.1 Å². The molecule has 1 amide bonds. The highest BCUT2D eigenvalue weighted by molar-refractivity contribution is 7.90. The molecule has 4 rings (SSSR count). The smallest absolute Gasteiger partial charge is 0.284 e. The van der Waals surface area contributed by atoms with Crippen molar-refractivity contribution in [3.05, 3.63) is 78.1 Å². The van der Waals surface area contributed by atoms with Crippen molar-refractivity contribution in [2.24, 2.45) is 4.40 Å². The quantitative estimate of drug-likeness (QED) is 0.598. The van der Waals surface area contributed by atoms with Crippen LogP contribution in [0.15, 0.2) is 76.3 Å². The summed E-state index contributed by atoms with van der Waals surface area (Å²) in [6.07, 6.45) is 7.26. The van der Waals surface area contributed by atoms with Gasteiger partial charge in [0.1, 0.15) is 5.84 Å². The van der Waals surface area contributed by atoms with E-state index in [2.05, 4.69) is 14.8 Å². The van der Waals surface area contributed by atoms with Crippen molar-refractivity contribution in [1.82, 2.24) is 14.7 Å². The first-order valence-electron chi connectivity index (χ1n) is 10.9. The summed E-state index contributed by atoms with van der Waals surface area (Å²) in [6.45, 7) is 1.41. The SMILES string of the molecule is CN1CCCCC/C1=N\S(=O)(=O)c1cccc(NC(=O)c2ccc(Cn3cccn3)cc2)c1. The summed E-state index contributed by atoms with van der Waals surface area (Å²) in [5, 5.41) is 6.95. The second-order valence-corrected chi connectivity index (χ2v) is 9.70. The molecule has 1 N–H and O–H groups in total. The molecule has 0 bridgehead atoms. The zero-order valence-electron chi connectivity index (χ0n) is 18.5. The molecule has 172 valence electrons. The van der Waals surface area contributed by atoms with Crippen LogP contribution in [0.5, 0.6) is 0 Å². The van der Waals surface area contributed by atoms with E-state index in [1.807, 2.05) is 36.3 Å². The Bertz CT molecular complexity index is 1240. The summed E-state index contributed by atoms with van der Waals surface area (Å²) in [7, 11) is -2.00. The lowest BCUT2D eigenvalue weighted by Crippen LogP contribution is -2.26. The number of carbonyl (C=O) groups excluding carboxylic acids is 1. The summed E-state index contributed by atoms with van der Waals surface area (Å²) < 4.78 is 31.7. The van der Waals surface area contributed by atoms with E-state index < -0.39 is 10.0 Å². The number of aromatic nitrogens is 2. The van der Waals surface area contributed by atoms with Crippen molar-refractivity contribution in [3.63, 3.8) is 0 Å². The number of hydrogen-bond donors (Lipinski definition) is 1. The zero-order chi connectivity index (χ0) is 23.3. The molecule has 0 radical (unpaired) electrons.